The van der Waals surface area contributed by atoms with Crippen molar-refractivity contribution in [2.75, 3.05) is 26.7 Å². The highest BCUT2D eigenvalue weighted by atomic mass is 16.5. The van der Waals surface area contributed by atoms with E-state index >= 15 is 0 Å². The summed E-state index contributed by atoms with van der Waals surface area (Å²) in [5.74, 6) is 2.01. The van der Waals surface area contributed by atoms with E-state index in [9.17, 15) is 4.79 Å². The molecule has 4 nitrogen and oxygen atoms in total. The molecule has 0 bridgehead atoms. The fourth-order valence-corrected chi connectivity index (χ4v) is 6.26. The highest BCUT2D eigenvalue weighted by Gasteiger charge is 2.40. The van der Waals surface area contributed by atoms with Gasteiger partial charge in [-0.1, -0.05) is 66.7 Å². The summed E-state index contributed by atoms with van der Waals surface area (Å²) in [6.45, 7) is 8.10. The average Bonchev–Trinajstić information content (AvgIpc) is 2.91. The molecule has 0 aliphatic carbocycles. The molecule has 2 aliphatic rings. The molecular formula is C32H38N2O2. The Labute approximate surface area is 215 Å². The lowest BCUT2D eigenvalue weighted by molar-refractivity contribution is -0.141. The molecule has 1 amide bonds. The first-order valence-electron chi connectivity index (χ1n) is 13.3. The third kappa shape index (κ3) is 5.19. The van der Waals surface area contributed by atoms with Crippen molar-refractivity contribution in [2.24, 2.45) is 5.92 Å². The largest absolute Gasteiger partial charge is 0.496 e. The molecule has 0 aromatic heterocycles. The van der Waals surface area contributed by atoms with Crippen molar-refractivity contribution >= 4 is 5.91 Å². The number of amides is 1. The highest BCUT2D eigenvalue weighted by molar-refractivity contribution is 5.77. The van der Waals surface area contributed by atoms with Crippen LogP contribution in [0.4, 0.5) is 0 Å². The van der Waals surface area contributed by atoms with Gasteiger partial charge in [-0.2, -0.15) is 0 Å². The molecule has 3 aromatic rings. The number of hydrogen-bond donors (Lipinski definition) is 0. The van der Waals surface area contributed by atoms with E-state index in [0.29, 0.717) is 24.3 Å². The van der Waals surface area contributed by atoms with Crippen molar-refractivity contribution in [3.8, 4) is 5.75 Å². The Morgan fingerprint density at radius 3 is 2.22 bits per heavy atom. The molecule has 0 spiro atoms. The number of ether oxygens (including phenoxy) is 1. The van der Waals surface area contributed by atoms with Crippen LogP contribution in [0.1, 0.15) is 53.0 Å². The van der Waals surface area contributed by atoms with E-state index in [0.717, 1.165) is 44.8 Å². The number of likely N-dealkylation sites (tertiary alicyclic amines) is 2. The first-order valence-corrected chi connectivity index (χ1v) is 13.3. The van der Waals surface area contributed by atoms with Gasteiger partial charge in [0.1, 0.15) is 5.75 Å². The molecule has 2 heterocycles. The Bertz CT molecular complexity index is 1140. The van der Waals surface area contributed by atoms with Crippen LogP contribution in [-0.4, -0.2) is 48.5 Å². The minimum Gasteiger partial charge on any atom is -0.496 e. The zero-order valence-electron chi connectivity index (χ0n) is 21.8. The van der Waals surface area contributed by atoms with Crippen molar-refractivity contribution in [3.05, 3.63) is 101 Å². The zero-order chi connectivity index (χ0) is 25.1. The Kier molecular flexibility index (Phi) is 7.43. The molecule has 2 saturated heterocycles. The van der Waals surface area contributed by atoms with Crippen LogP contribution in [-0.2, 0) is 11.3 Å². The summed E-state index contributed by atoms with van der Waals surface area (Å²) in [7, 11) is 1.74. The summed E-state index contributed by atoms with van der Waals surface area (Å²) < 4.78 is 5.51. The molecule has 36 heavy (non-hydrogen) atoms. The first-order chi connectivity index (χ1) is 17.5. The summed E-state index contributed by atoms with van der Waals surface area (Å²) in [5.41, 5.74) is 6.41. The molecule has 0 N–H and O–H groups in total. The van der Waals surface area contributed by atoms with Crippen LogP contribution in [0.3, 0.4) is 0 Å². The monoisotopic (exact) mass is 482 g/mol. The van der Waals surface area contributed by atoms with Crippen molar-refractivity contribution in [3.63, 3.8) is 0 Å². The van der Waals surface area contributed by atoms with E-state index in [1.54, 1.807) is 7.11 Å². The lowest BCUT2D eigenvalue weighted by atomic mass is 9.81. The standard InChI is InChI=1S/C32H38N2O2/c1-23-19-31(36-3)24(2)18-28(23)21-33-17-16-30-27(20-33)14-15-32(35)34(30)22-29(25-10-6-4-7-11-25)26-12-8-5-9-13-26/h4-13,18-19,27,29-30H,14-17,20-22H2,1-3H3/t27-,30+/m0/s1. The minimum atomic E-state index is 0.193. The number of carbonyl (C=O) groups is 1. The Hall–Kier alpha value is -3.11. The second kappa shape index (κ2) is 10.9. The molecule has 0 saturated carbocycles. The number of carbonyl (C=O) groups excluding carboxylic acids is 1. The van der Waals surface area contributed by atoms with E-state index in [1.807, 2.05) is 0 Å². The fraction of sp³-hybridized carbons (Fsp3) is 0.406. The molecule has 5 rings (SSSR count). The van der Waals surface area contributed by atoms with Crippen LogP contribution in [0, 0.1) is 19.8 Å². The van der Waals surface area contributed by atoms with Crippen LogP contribution >= 0.6 is 0 Å². The number of piperidine rings is 2. The second-order valence-corrected chi connectivity index (χ2v) is 10.6. The van der Waals surface area contributed by atoms with Crippen molar-refractivity contribution in [1.82, 2.24) is 9.80 Å². The summed E-state index contributed by atoms with van der Waals surface area (Å²) in [6.07, 6.45) is 2.70. The van der Waals surface area contributed by atoms with E-state index < -0.39 is 0 Å². The van der Waals surface area contributed by atoms with Crippen LogP contribution < -0.4 is 4.74 Å². The molecule has 2 fully saturated rings. The lowest BCUT2D eigenvalue weighted by Crippen LogP contribution is -2.56. The molecule has 2 aliphatic heterocycles. The number of hydrogen-bond acceptors (Lipinski definition) is 3. The van der Waals surface area contributed by atoms with Crippen molar-refractivity contribution < 1.29 is 9.53 Å². The van der Waals surface area contributed by atoms with Crippen molar-refractivity contribution in [1.29, 1.82) is 0 Å². The summed E-state index contributed by atoms with van der Waals surface area (Å²) in [4.78, 5) is 18.1. The third-order valence-electron chi connectivity index (χ3n) is 8.26. The van der Waals surface area contributed by atoms with Gasteiger partial charge in [-0.3, -0.25) is 9.69 Å². The number of methoxy groups -OCH3 is 1. The predicted molar refractivity (Wildman–Crippen MR) is 145 cm³/mol. The smallest absolute Gasteiger partial charge is 0.222 e. The molecule has 188 valence electrons. The van der Waals surface area contributed by atoms with Gasteiger partial charge < -0.3 is 9.64 Å². The predicted octanol–water partition coefficient (Wildman–Crippen LogP) is 5.96. The SMILES string of the molecule is COc1cc(C)c(CN2CC[C@@H]3[C@@H](CCC(=O)N3CC(c3ccccc3)c3ccccc3)C2)cc1C. The van der Waals surface area contributed by atoms with Gasteiger partial charge in [0.05, 0.1) is 7.11 Å². The molecule has 0 unspecified atom stereocenters. The van der Waals surface area contributed by atoms with Crippen LogP contribution in [0.25, 0.3) is 0 Å². The maximum atomic E-state index is 13.3. The summed E-state index contributed by atoms with van der Waals surface area (Å²) in [6, 6.07) is 26.1. The fourth-order valence-electron chi connectivity index (χ4n) is 6.26. The Morgan fingerprint density at radius 1 is 0.917 bits per heavy atom. The second-order valence-electron chi connectivity index (χ2n) is 10.6. The normalized spacial score (nSPS) is 20.4. The van der Waals surface area contributed by atoms with Gasteiger partial charge >= 0.3 is 0 Å². The first kappa shape index (κ1) is 24.6. The van der Waals surface area contributed by atoms with Crippen LogP contribution in [0.2, 0.25) is 0 Å². The number of fused-ring (bicyclic) bond motifs is 1. The topological polar surface area (TPSA) is 32.8 Å². The number of nitrogens with zero attached hydrogens (tertiary/aromatic N) is 2. The lowest BCUT2D eigenvalue weighted by Gasteiger charge is -2.48. The van der Waals surface area contributed by atoms with Gasteiger partial charge in [0, 0.05) is 44.6 Å². The molecular weight excluding hydrogens is 444 g/mol. The number of aryl methyl sites for hydroxylation is 2. The average molecular weight is 483 g/mol. The molecule has 0 radical (unpaired) electrons. The van der Waals surface area contributed by atoms with Crippen molar-refractivity contribution in [2.45, 2.75) is 51.6 Å². The highest BCUT2D eigenvalue weighted by Crippen LogP contribution is 2.35. The quantitative estimate of drug-likeness (QED) is 0.417. The summed E-state index contributed by atoms with van der Waals surface area (Å²) in [5, 5.41) is 0. The van der Waals surface area contributed by atoms with Gasteiger partial charge in [-0.25, -0.2) is 0 Å². The maximum Gasteiger partial charge on any atom is 0.222 e. The van der Waals surface area contributed by atoms with E-state index in [-0.39, 0.29) is 5.92 Å². The van der Waals surface area contributed by atoms with Gasteiger partial charge in [-0.05, 0) is 66.5 Å². The molecule has 2 atom stereocenters. The molecule has 4 heteroatoms. The van der Waals surface area contributed by atoms with E-state index in [2.05, 4.69) is 96.4 Å². The zero-order valence-corrected chi connectivity index (χ0v) is 21.8. The number of rotatable bonds is 7. The summed E-state index contributed by atoms with van der Waals surface area (Å²) >= 11 is 0. The van der Waals surface area contributed by atoms with Gasteiger partial charge in [-0.15, -0.1) is 0 Å². The van der Waals surface area contributed by atoms with Crippen LogP contribution in [0.5, 0.6) is 5.75 Å². The third-order valence-corrected chi connectivity index (χ3v) is 8.26. The van der Waals surface area contributed by atoms with Crippen LogP contribution in [0.15, 0.2) is 72.8 Å². The minimum absolute atomic E-state index is 0.193. The van der Waals surface area contributed by atoms with Gasteiger partial charge in [0.15, 0.2) is 0 Å². The van der Waals surface area contributed by atoms with E-state index in [4.69, 9.17) is 4.74 Å². The van der Waals surface area contributed by atoms with Gasteiger partial charge in [0.25, 0.3) is 0 Å². The molecule has 3 aromatic carbocycles. The number of benzene rings is 3. The Morgan fingerprint density at radius 2 is 1.58 bits per heavy atom. The van der Waals surface area contributed by atoms with Gasteiger partial charge in [0.2, 0.25) is 5.91 Å². The Balaban J connectivity index is 1.32. The van der Waals surface area contributed by atoms with E-state index in [1.165, 1.54) is 27.8 Å². The maximum absolute atomic E-state index is 13.3.